The van der Waals surface area contributed by atoms with Crippen molar-refractivity contribution < 1.29 is 4.42 Å². The molecule has 1 aliphatic carbocycles. The first-order chi connectivity index (χ1) is 23.5. The molecule has 0 fully saturated rings. The quantitative estimate of drug-likeness (QED) is 0.184. The maximum atomic E-state index is 6.42. The van der Waals surface area contributed by atoms with E-state index in [0.29, 0.717) is 0 Å². The van der Waals surface area contributed by atoms with Crippen molar-refractivity contribution >= 4 is 72.7 Å². The third kappa shape index (κ3) is 5.41. The number of hydrogen-bond acceptors (Lipinski definition) is 2. The SMILES string of the molecule is C=C(/C=c1/ccccc1=C)C1=c2cccc/c2=C(C(=C)c2cc3c(cc2-c2cc4ccccc4s2)oc2ccccc23)/C=C/CCC=C1. The van der Waals surface area contributed by atoms with Gasteiger partial charge < -0.3 is 4.42 Å². The van der Waals surface area contributed by atoms with Crippen LogP contribution in [0.3, 0.4) is 0 Å². The Morgan fingerprint density at radius 1 is 0.667 bits per heavy atom. The van der Waals surface area contributed by atoms with Crippen molar-refractivity contribution in [3.63, 3.8) is 0 Å². The van der Waals surface area contributed by atoms with Crippen LogP contribution in [0.5, 0.6) is 0 Å². The highest BCUT2D eigenvalue weighted by atomic mass is 32.1. The van der Waals surface area contributed by atoms with Gasteiger partial charge in [-0.15, -0.1) is 11.3 Å². The molecule has 2 heteroatoms. The van der Waals surface area contributed by atoms with Crippen molar-refractivity contribution in [3.05, 3.63) is 185 Å². The van der Waals surface area contributed by atoms with Gasteiger partial charge in [-0.2, -0.15) is 0 Å². The summed E-state index contributed by atoms with van der Waals surface area (Å²) in [7, 11) is 0. The average molecular weight is 635 g/mol. The molecule has 0 saturated heterocycles. The van der Waals surface area contributed by atoms with Crippen LogP contribution in [0.25, 0.3) is 71.8 Å². The van der Waals surface area contributed by atoms with E-state index in [-0.39, 0.29) is 0 Å². The molecule has 2 heterocycles. The number of benzene rings is 5. The average Bonchev–Trinajstić information content (AvgIpc) is 3.71. The first-order valence-electron chi connectivity index (χ1n) is 16.3. The van der Waals surface area contributed by atoms with Gasteiger partial charge in [-0.05, 0) is 103 Å². The number of thiophene rings is 1. The van der Waals surface area contributed by atoms with Crippen molar-refractivity contribution in [1.29, 1.82) is 0 Å². The minimum absolute atomic E-state index is 0.880. The molecule has 5 aromatic carbocycles. The fraction of sp³-hybridized carbons (Fsp3) is 0.0435. The van der Waals surface area contributed by atoms with Crippen LogP contribution < -0.4 is 20.9 Å². The Morgan fingerprint density at radius 3 is 2.17 bits per heavy atom. The molecule has 2 aromatic heterocycles. The molecule has 7 aromatic rings. The lowest BCUT2D eigenvalue weighted by Gasteiger charge is -2.15. The molecule has 1 nitrogen and oxygen atoms in total. The minimum atomic E-state index is 0.880. The molecular weight excluding hydrogens is 601 g/mol. The topological polar surface area (TPSA) is 13.1 Å². The van der Waals surface area contributed by atoms with Crippen LogP contribution in [0.4, 0.5) is 0 Å². The Bertz CT molecular complexity index is 2690. The van der Waals surface area contributed by atoms with Gasteiger partial charge in [0.25, 0.3) is 0 Å². The molecule has 8 rings (SSSR count). The monoisotopic (exact) mass is 634 g/mol. The fourth-order valence-electron chi connectivity index (χ4n) is 6.70. The standard InChI is InChI=1S/C46H34OS/c1-30-16-8-9-17-33(30)26-31(2)35-19-6-4-5-7-20-36(38-22-12-11-21-37(35)38)32(3)40-28-41-39-23-13-14-24-43(39)47-44(41)29-42(40)46-27-34-18-10-15-25-45(34)48-46/h6-29H,1-5H2/b19-6?,20-7+,33-26-,37-35?,38-36+. The Morgan fingerprint density at radius 2 is 1.35 bits per heavy atom. The number of allylic oxidation sites excluding steroid dienone is 6. The predicted octanol–water partition coefficient (Wildman–Crippen LogP) is 9.84. The van der Waals surface area contributed by atoms with Crippen LogP contribution in [-0.2, 0) is 0 Å². The van der Waals surface area contributed by atoms with E-state index in [1.54, 1.807) is 11.3 Å². The lowest BCUT2D eigenvalue weighted by molar-refractivity contribution is 0.669. The summed E-state index contributed by atoms with van der Waals surface area (Å²) in [4.78, 5) is 1.19. The second-order valence-electron chi connectivity index (χ2n) is 12.2. The van der Waals surface area contributed by atoms with Crippen LogP contribution in [0.1, 0.15) is 18.4 Å². The van der Waals surface area contributed by atoms with E-state index in [1.165, 1.54) is 15.0 Å². The molecule has 0 saturated carbocycles. The predicted molar refractivity (Wildman–Crippen MR) is 208 cm³/mol. The van der Waals surface area contributed by atoms with E-state index in [1.807, 2.05) is 30.3 Å². The molecule has 0 N–H and O–H groups in total. The third-order valence-electron chi connectivity index (χ3n) is 9.17. The third-order valence-corrected chi connectivity index (χ3v) is 10.3. The molecule has 0 atom stereocenters. The number of fused-ring (bicyclic) bond motifs is 5. The number of hydrogen-bond donors (Lipinski definition) is 0. The largest absolute Gasteiger partial charge is 0.456 e. The van der Waals surface area contributed by atoms with Crippen molar-refractivity contribution in [2.75, 3.05) is 0 Å². The van der Waals surface area contributed by atoms with Gasteiger partial charge in [-0.25, -0.2) is 0 Å². The molecule has 0 bridgehead atoms. The van der Waals surface area contributed by atoms with E-state index in [0.717, 1.165) is 89.1 Å². The van der Waals surface area contributed by atoms with Gasteiger partial charge in [0, 0.05) is 25.9 Å². The van der Waals surface area contributed by atoms with Crippen LogP contribution in [0, 0.1) is 0 Å². The molecule has 0 aliphatic heterocycles. The normalized spacial score (nSPS) is 15.6. The zero-order valence-electron chi connectivity index (χ0n) is 26.7. The molecular formula is C46H34OS. The van der Waals surface area contributed by atoms with Crippen LogP contribution in [-0.4, -0.2) is 0 Å². The molecule has 0 amide bonds. The molecule has 0 radical (unpaired) electrons. The smallest absolute Gasteiger partial charge is 0.136 e. The van der Waals surface area contributed by atoms with Crippen LogP contribution in [0.2, 0.25) is 0 Å². The molecule has 230 valence electrons. The lowest BCUT2D eigenvalue weighted by Crippen LogP contribution is -2.29. The maximum Gasteiger partial charge on any atom is 0.136 e. The zero-order chi connectivity index (χ0) is 32.6. The molecule has 48 heavy (non-hydrogen) atoms. The maximum absolute atomic E-state index is 6.42. The van der Waals surface area contributed by atoms with Crippen molar-refractivity contribution in [2.45, 2.75) is 12.8 Å². The summed E-state index contributed by atoms with van der Waals surface area (Å²) in [6.45, 7) is 13.7. The summed E-state index contributed by atoms with van der Waals surface area (Å²) in [5.41, 5.74) is 8.09. The van der Waals surface area contributed by atoms with Crippen LogP contribution >= 0.6 is 11.3 Å². The van der Waals surface area contributed by atoms with Gasteiger partial charge in [0.1, 0.15) is 11.2 Å². The number of para-hydroxylation sites is 1. The van der Waals surface area contributed by atoms with E-state index in [9.17, 15) is 0 Å². The van der Waals surface area contributed by atoms with Gasteiger partial charge in [-0.3, -0.25) is 0 Å². The van der Waals surface area contributed by atoms with Gasteiger partial charge >= 0.3 is 0 Å². The second-order valence-corrected chi connectivity index (χ2v) is 13.3. The first-order valence-corrected chi connectivity index (χ1v) is 17.1. The Kier molecular flexibility index (Phi) is 7.72. The number of rotatable bonds is 5. The molecule has 0 spiro atoms. The van der Waals surface area contributed by atoms with Gasteiger partial charge in [-0.1, -0.05) is 129 Å². The summed E-state index contributed by atoms with van der Waals surface area (Å²) in [5.74, 6) is 0. The second kappa shape index (κ2) is 12.5. The highest BCUT2D eigenvalue weighted by Gasteiger charge is 2.19. The summed E-state index contributed by atoms with van der Waals surface area (Å²) in [6.07, 6.45) is 13.0. The lowest BCUT2D eigenvalue weighted by atomic mass is 9.89. The van der Waals surface area contributed by atoms with Gasteiger partial charge in [0.05, 0.1) is 0 Å². The van der Waals surface area contributed by atoms with E-state index >= 15 is 0 Å². The fourth-order valence-corrected chi connectivity index (χ4v) is 7.79. The zero-order valence-corrected chi connectivity index (χ0v) is 27.5. The van der Waals surface area contributed by atoms with Crippen molar-refractivity contribution in [2.24, 2.45) is 0 Å². The van der Waals surface area contributed by atoms with Gasteiger partial charge in [0.15, 0.2) is 0 Å². The van der Waals surface area contributed by atoms with Crippen LogP contribution in [0.15, 0.2) is 163 Å². The Labute approximate surface area is 284 Å². The first kappa shape index (κ1) is 29.7. The van der Waals surface area contributed by atoms with E-state index < -0.39 is 0 Å². The highest BCUT2D eigenvalue weighted by Crippen LogP contribution is 2.42. The Hall–Kier alpha value is -5.70. The van der Waals surface area contributed by atoms with E-state index in [4.69, 9.17) is 11.0 Å². The minimum Gasteiger partial charge on any atom is -0.456 e. The number of furan rings is 1. The van der Waals surface area contributed by atoms with Gasteiger partial charge in [0.2, 0.25) is 0 Å². The summed E-state index contributed by atoms with van der Waals surface area (Å²) in [5, 5.41) is 7.73. The molecule has 0 unspecified atom stereocenters. The highest BCUT2D eigenvalue weighted by molar-refractivity contribution is 7.22. The molecule has 1 aliphatic rings. The van der Waals surface area contributed by atoms with Crippen molar-refractivity contribution in [3.8, 4) is 10.4 Å². The summed E-state index contributed by atoms with van der Waals surface area (Å²) in [6, 6.07) is 40.5. The van der Waals surface area contributed by atoms with E-state index in [2.05, 4.69) is 128 Å². The summed E-state index contributed by atoms with van der Waals surface area (Å²) >= 11 is 1.81. The summed E-state index contributed by atoms with van der Waals surface area (Å²) < 4.78 is 7.67. The Balaban J connectivity index is 1.42. The van der Waals surface area contributed by atoms with Crippen molar-refractivity contribution in [1.82, 2.24) is 0 Å².